The number of carbonyl (C=O) groups excluding carboxylic acids is 1. The first-order valence-corrected chi connectivity index (χ1v) is 7.72. The maximum absolute atomic E-state index is 12.8. The molecule has 110 valence electrons. The number of hydrogen-bond acceptors (Lipinski definition) is 3. The molecule has 1 amide bonds. The van der Waals surface area contributed by atoms with Crippen LogP contribution in [0.15, 0.2) is 6.20 Å². The zero-order valence-electron chi connectivity index (χ0n) is 12.4. The molecule has 0 spiro atoms. The van der Waals surface area contributed by atoms with E-state index in [0.29, 0.717) is 5.92 Å². The highest BCUT2D eigenvalue weighted by Crippen LogP contribution is 2.34. The summed E-state index contributed by atoms with van der Waals surface area (Å²) in [6.45, 7) is 9.21. The van der Waals surface area contributed by atoms with E-state index >= 15 is 0 Å². The first kappa shape index (κ1) is 13.6. The van der Waals surface area contributed by atoms with Crippen molar-refractivity contribution in [1.29, 1.82) is 0 Å². The molecule has 20 heavy (non-hydrogen) atoms. The monoisotopic (exact) mass is 276 g/mol. The Hall–Kier alpha value is -1.36. The van der Waals surface area contributed by atoms with Crippen molar-refractivity contribution in [2.45, 2.75) is 32.6 Å². The van der Waals surface area contributed by atoms with Crippen LogP contribution in [0, 0.1) is 5.92 Å². The van der Waals surface area contributed by atoms with Gasteiger partial charge in [-0.3, -0.25) is 9.89 Å². The minimum absolute atomic E-state index is 0.00979. The Labute approximate surface area is 120 Å². The van der Waals surface area contributed by atoms with Crippen LogP contribution in [-0.2, 0) is 11.2 Å². The zero-order valence-corrected chi connectivity index (χ0v) is 12.4. The largest absolute Gasteiger partial charge is 0.340 e. The predicted octanol–water partition coefficient (Wildman–Crippen LogP) is 1.24. The van der Waals surface area contributed by atoms with Gasteiger partial charge in [0.1, 0.15) is 0 Å². The van der Waals surface area contributed by atoms with Crippen LogP contribution in [0.4, 0.5) is 0 Å². The molecule has 5 nitrogen and oxygen atoms in total. The number of likely N-dealkylation sites (N-methyl/N-ethyl adjacent to an activating group) is 1. The molecule has 1 aromatic heterocycles. The van der Waals surface area contributed by atoms with E-state index in [1.54, 1.807) is 0 Å². The first-order chi connectivity index (χ1) is 9.69. The number of fused-ring (bicyclic) bond motifs is 1. The van der Waals surface area contributed by atoms with Gasteiger partial charge >= 0.3 is 0 Å². The van der Waals surface area contributed by atoms with Gasteiger partial charge in [-0.2, -0.15) is 5.10 Å². The van der Waals surface area contributed by atoms with Crippen molar-refractivity contribution in [3.05, 3.63) is 17.5 Å². The average molecular weight is 276 g/mol. The van der Waals surface area contributed by atoms with Crippen molar-refractivity contribution in [3.8, 4) is 0 Å². The average Bonchev–Trinajstić information content (AvgIpc) is 2.94. The van der Waals surface area contributed by atoms with Crippen LogP contribution in [-0.4, -0.2) is 58.6 Å². The van der Waals surface area contributed by atoms with Crippen molar-refractivity contribution in [1.82, 2.24) is 20.0 Å². The van der Waals surface area contributed by atoms with Gasteiger partial charge in [-0.1, -0.05) is 13.8 Å². The Bertz CT molecular complexity index is 476. The standard InChI is InChI=1S/C15H24N4O/c1-3-18-4-6-19(7-5-18)15(20)13-9-11(2)8-12-10-16-17-14(12)13/h10-11,13H,3-9H2,1-2H3,(H,16,17). The molecule has 2 heterocycles. The second kappa shape index (κ2) is 5.56. The summed E-state index contributed by atoms with van der Waals surface area (Å²) in [5.41, 5.74) is 2.29. The lowest BCUT2D eigenvalue weighted by molar-refractivity contribution is -0.135. The molecule has 1 N–H and O–H groups in total. The third-order valence-electron chi connectivity index (χ3n) is 4.74. The summed E-state index contributed by atoms with van der Waals surface area (Å²) in [7, 11) is 0. The number of amides is 1. The topological polar surface area (TPSA) is 52.2 Å². The Morgan fingerprint density at radius 1 is 1.40 bits per heavy atom. The zero-order chi connectivity index (χ0) is 14.1. The second-order valence-corrected chi connectivity index (χ2v) is 6.17. The van der Waals surface area contributed by atoms with Gasteiger partial charge in [0.05, 0.1) is 17.8 Å². The highest BCUT2D eigenvalue weighted by molar-refractivity contribution is 5.84. The summed E-state index contributed by atoms with van der Waals surface area (Å²) < 4.78 is 0. The molecule has 2 unspecified atom stereocenters. The number of H-pyrrole nitrogens is 1. The van der Waals surface area contributed by atoms with Gasteiger partial charge in [0.25, 0.3) is 0 Å². The highest BCUT2D eigenvalue weighted by atomic mass is 16.2. The van der Waals surface area contributed by atoms with E-state index < -0.39 is 0 Å². The smallest absolute Gasteiger partial charge is 0.231 e. The van der Waals surface area contributed by atoms with Crippen LogP contribution in [0.1, 0.15) is 37.4 Å². The number of piperazine rings is 1. The van der Waals surface area contributed by atoms with Crippen LogP contribution >= 0.6 is 0 Å². The van der Waals surface area contributed by atoms with Gasteiger partial charge in [0, 0.05) is 26.2 Å². The van der Waals surface area contributed by atoms with E-state index in [2.05, 4.69) is 28.9 Å². The molecule has 2 aliphatic rings. The summed E-state index contributed by atoms with van der Waals surface area (Å²) in [6, 6.07) is 0. The molecule has 1 aliphatic carbocycles. The van der Waals surface area contributed by atoms with Crippen molar-refractivity contribution < 1.29 is 4.79 Å². The molecule has 1 saturated heterocycles. The second-order valence-electron chi connectivity index (χ2n) is 6.17. The predicted molar refractivity (Wildman–Crippen MR) is 77.5 cm³/mol. The SMILES string of the molecule is CCN1CCN(C(=O)C2CC(C)Cc3cn[nH]c32)CC1. The summed E-state index contributed by atoms with van der Waals surface area (Å²) in [4.78, 5) is 17.3. The third-order valence-corrected chi connectivity index (χ3v) is 4.74. The van der Waals surface area contributed by atoms with E-state index in [1.165, 1.54) is 5.56 Å². The third kappa shape index (κ3) is 2.46. The molecule has 0 radical (unpaired) electrons. The van der Waals surface area contributed by atoms with Crippen molar-refractivity contribution >= 4 is 5.91 Å². The van der Waals surface area contributed by atoms with Gasteiger partial charge in [-0.05, 0) is 30.9 Å². The number of nitrogens with one attached hydrogen (secondary N) is 1. The molecule has 5 heteroatoms. The molecule has 2 atom stereocenters. The molecule has 1 aromatic rings. The maximum Gasteiger partial charge on any atom is 0.231 e. The number of hydrogen-bond donors (Lipinski definition) is 1. The fraction of sp³-hybridized carbons (Fsp3) is 0.733. The molecule has 0 aromatic carbocycles. The van der Waals surface area contributed by atoms with Crippen LogP contribution < -0.4 is 0 Å². The fourth-order valence-corrected chi connectivity index (χ4v) is 3.49. The van der Waals surface area contributed by atoms with Crippen LogP contribution in [0.2, 0.25) is 0 Å². The number of aromatic nitrogens is 2. The lowest BCUT2D eigenvalue weighted by Crippen LogP contribution is -2.50. The molecular formula is C15H24N4O. The van der Waals surface area contributed by atoms with Crippen LogP contribution in [0.25, 0.3) is 0 Å². The Morgan fingerprint density at radius 3 is 2.85 bits per heavy atom. The quantitative estimate of drug-likeness (QED) is 0.884. The van der Waals surface area contributed by atoms with E-state index in [-0.39, 0.29) is 11.8 Å². The van der Waals surface area contributed by atoms with E-state index in [1.807, 2.05) is 11.1 Å². The Balaban J connectivity index is 1.72. The highest BCUT2D eigenvalue weighted by Gasteiger charge is 2.35. The fourth-order valence-electron chi connectivity index (χ4n) is 3.49. The van der Waals surface area contributed by atoms with Crippen molar-refractivity contribution in [3.63, 3.8) is 0 Å². The van der Waals surface area contributed by atoms with Gasteiger partial charge in [0.2, 0.25) is 5.91 Å². The van der Waals surface area contributed by atoms with Crippen molar-refractivity contribution in [2.24, 2.45) is 5.92 Å². The molecule has 1 aliphatic heterocycles. The van der Waals surface area contributed by atoms with Crippen molar-refractivity contribution in [2.75, 3.05) is 32.7 Å². The van der Waals surface area contributed by atoms with Gasteiger partial charge < -0.3 is 9.80 Å². The molecule has 0 saturated carbocycles. The van der Waals surface area contributed by atoms with E-state index in [9.17, 15) is 4.79 Å². The lowest BCUT2D eigenvalue weighted by atomic mass is 9.80. The summed E-state index contributed by atoms with van der Waals surface area (Å²) in [5, 5.41) is 7.20. The summed E-state index contributed by atoms with van der Waals surface area (Å²) >= 11 is 0. The molecule has 0 bridgehead atoms. The Morgan fingerprint density at radius 2 is 2.15 bits per heavy atom. The first-order valence-electron chi connectivity index (χ1n) is 7.72. The number of nitrogens with zero attached hydrogens (tertiary/aromatic N) is 3. The summed E-state index contributed by atoms with van der Waals surface area (Å²) in [5.74, 6) is 0.841. The lowest BCUT2D eigenvalue weighted by Gasteiger charge is -2.37. The van der Waals surface area contributed by atoms with E-state index in [0.717, 1.165) is 51.3 Å². The number of aromatic amines is 1. The van der Waals surface area contributed by atoms with Gasteiger partial charge in [-0.25, -0.2) is 0 Å². The Kier molecular flexibility index (Phi) is 3.78. The maximum atomic E-state index is 12.8. The van der Waals surface area contributed by atoms with Gasteiger partial charge in [-0.15, -0.1) is 0 Å². The van der Waals surface area contributed by atoms with Gasteiger partial charge in [0.15, 0.2) is 0 Å². The van der Waals surface area contributed by atoms with E-state index in [4.69, 9.17) is 0 Å². The van der Waals surface area contributed by atoms with Crippen LogP contribution in [0.3, 0.4) is 0 Å². The molecule has 3 rings (SSSR count). The minimum Gasteiger partial charge on any atom is -0.340 e. The number of rotatable bonds is 2. The molecule has 1 fully saturated rings. The van der Waals surface area contributed by atoms with Crippen LogP contribution in [0.5, 0.6) is 0 Å². The minimum atomic E-state index is -0.00979. The summed E-state index contributed by atoms with van der Waals surface area (Å²) in [6.07, 6.45) is 3.88. The molecular weight excluding hydrogens is 252 g/mol. The normalized spacial score (nSPS) is 27.4. The number of carbonyl (C=O) groups is 1.